The lowest BCUT2D eigenvalue weighted by molar-refractivity contribution is 0.101. The lowest BCUT2D eigenvalue weighted by atomic mass is 10.1. The third-order valence-electron chi connectivity index (χ3n) is 2.26. The maximum Gasteiger partial charge on any atom is 0.0666 e. The van der Waals surface area contributed by atoms with Crippen LogP contribution in [0.25, 0.3) is 0 Å². The first kappa shape index (κ1) is 14.4. The zero-order valence-electron chi connectivity index (χ0n) is 10.5. The smallest absolute Gasteiger partial charge is 0.0666 e. The monoisotopic (exact) mass is 212 g/mol. The molecule has 0 fully saturated rings. The molecule has 0 aromatic carbocycles. The van der Waals surface area contributed by atoms with E-state index in [1.54, 1.807) is 0 Å². The van der Waals surface area contributed by atoms with Crippen molar-refractivity contribution < 1.29 is 4.74 Å². The molecule has 0 aromatic heterocycles. The molecule has 0 heterocycles. The Kier molecular flexibility index (Phi) is 8.35. The van der Waals surface area contributed by atoms with Gasteiger partial charge in [0, 0.05) is 19.7 Å². The summed E-state index contributed by atoms with van der Waals surface area (Å²) in [5.41, 5.74) is 0. The van der Waals surface area contributed by atoms with Gasteiger partial charge in [-0.25, -0.2) is 0 Å². The minimum absolute atomic E-state index is 0.102. The van der Waals surface area contributed by atoms with Gasteiger partial charge in [0.05, 0.1) is 18.6 Å². The van der Waals surface area contributed by atoms with Crippen molar-refractivity contribution in [3.8, 4) is 6.07 Å². The lowest BCUT2D eigenvalue weighted by Crippen LogP contribution is -2.27. The topological polar surface area (TPSA) is 36.3 Å². The second-order valence-electron chi connectivity index (χ2n) is 4.59. The van der Waals surface area contributed by atoms with Gasteiger partial charge in [-0.05, 0) is 26.3 Å². The van der Waals surface area contributed by atoms with Gasteiger partial charge in [0.15, 0.2) is 0 Å². The van der Waals surface area contributed by atoms with Gasteiger partial charge in [-0.3, -0.25) is 0 Å². The Bertz CT molecular complexity index is 187. The van der Waals surface area contributed by atoms with Crippen LogP contribution in [-0.2, 0) is 4.74 Å². The van der Waals surface area contributed by atoms with E-state index in [2.05, 4.69) is 24.8 Å². The van der Waals surface area contributed by atoms with E-state index < -0.39 is 0 Å². The molecule has 0 aliphatic carbocycles. The molecular formula is C12H24N2O. The number of nitriles is 1. The largest absolute Gasteiger partial charge is 0.380 e. The summed E-state index contributed by atoms with van der Waals surface area (Å²) in [5, 5.41) is 8.65. The summed E-state index contributed by atoms with van der Waals surface area (Å²) in [7, 11) is 2.03. The van der Waals surface area contributed by atoms with Gasteiger partial charge in [0.25, 0.3) is 0 Å². The molecule has 0 aliphatic heterocycles. The molecule has 3 nitrogen and oxygen atoms in total. The molecule has 0 radical (unpaired) electrons. The third kappa shape index (κ3) is 9.71. The Morgan fingerprint density at radius 1 is 1.27 bits per heavy atom. The van der Waals surface area contributed by atoms with Crippen molar-refractivity contribution in [2.75, 3.05) is 33.4 Å². The van der Waals surface area contributed by atoms with Crippen molar-refractivity contribution in [3.63, 3.8) is 0 Å². The van der Waals surface area contributed by atoms with Gasteiger partial charge in [-0.15, -0.1) is 0 Å². The molecule has 0 aliphatic rings. The number of hydrogen-bond acceptors (Lipinski definition) is 3. The molecule has 3 heteroatoms. The molecule has 0 rings (SSSR count). The van der Waals surface area contributed by atoms with Crippen molar-refractivity contribution in [1.82, 2.24) is 4.90 Å². The highest BCUT2D eigenvalue weighted by Gasteiger charge is 2.04. The van der Waals surface area contributed by atoms with E-state index in [9.17, 15) is 0 Å². The Balaban J connectivity index is 3.32. The van der Waals surface area contributed by atoms with Crippen molar-refractivity contribution in [1.29, 1.82) is 5.26 Å². The first-order valence-electron chi connectivity index (χ1n) is 5.72. The fourth-order valence-corrected chi connectivity index (χ4v) is 1.24. The van der Waals surface area contributed by atoms with E-state index in [1.165, 1.54) is 0 Å². The first-order valence-corrected chi connectivity index (χ1v) is 5.72. The van der Waals surface area contributed by atoms with E-state index >= 15 is 0 Å². The normalized spacial score (nSPS) is 13.1. The number of likely N-dealkylation sites (N-methyl/N-ethyl adjacent to an activating group) is 1. The minimum atomic E-state index is 0.102. The van der Waals surface area contributed by atoms with Crippen molar-refractivity contribution in [2.24, 2.45) is 11.8 Å². The molecule has 0 bridgehead atoms. The van der Waals surface area contributed by atoms with Gasteiger partial charge < -0.3 is 9.64 Å². The predicted octanol–water partition coefficient (Wildman–Crippen LogP) is 2.14. The van der Waals surface area contributed by atoms with Crippen LogP contribution in [0.1, 0.15) is 27.2 Å². The van der Waals surface area contributed by atoms with Crippen LogP contribution in [0.3, 0.4) is 0 Å². The van der Waals surface area contributed by atoms with Crippen molar-refractivity contribution in [3.05, 3.63) is 0 Å². The van der Waals surface area contributed by atoms with Crippen LogP contribution >= 0.6 is 0 Å². The highest BCUT2D eigenvalue weighted by Crippen LogP contribution is 1.99. The molecule has 0 N–H and O–H groups in total. The quantitative estimate of drug-likeness (QED) is 0.578. The first-order chi connectivity index (χ1) is 7.06. The van der Waals surface area contributed by atoms with Crippen LogP contribution < -0.4 is 0 Å². The third-order valence-corrected chi connectivity index (χ3v) is 2.26. The number of nitrogens with zero attached hydrogens (tertiary/aromatic N) is 2. The summed E-state index contributed by atoms with van der Waals surface area (Å²) >= 11 is 0. The average Bonchev–Trinajstić information content (AvgIpc) is 2.16. The van der Waals surface area contributed by atoms with Crippen LogP contribution in [0.15, 0.2) is 0 Å². The Morgan fingerprint density at radius 3 is 2.47 bits per heavy atom. The summed E-state index contributed by atoms with van der Waals surface area (Å²) in [4.78, 5) is 2.14. The molecule has 0 saturated carbocycles. The van der Waals surface area contributed by atoms with Crippen molar-refractivity contribution >= 4 is 0 Å². The number of hydrogen-bond donors (Lipinski definition) is 0. The maximum absolute atomic E-state index is 8.65. The van der Waals surface area contributed by atoms with E-state index in [0.717, 1.165) is 32.7 Å². The fourth-order valence-electron chi connectivity index (χ4n) is 1.24. The maximum atomic E-state index is 8.65. The molecule has 1 unspecified atom stereocenters. The van der Waals surface area contributed by atoms with Crippen molar-refractivity contribution in [2.45, 2.75) is 27.2 Å². The van der Waals surface area contributed by atoms with Crippen LogP contribution in [0.4, 0.5) is 0 Å². The predicted molar refractivity (Wildman–Crippen MR) is 62.5 cm³/mol. The van der Waals surface area contributed by atoms with E-state index in [-0.39, 0.29) is 5.92 Å². The summed E-state index contributed by atoms with van der Waals surface area (Å²) in [5.74, 6) is 0.812. The second-order valence-corrected chi connectivity index (χ2v) is 4.59. The van der Waals surface area contributed by atoms with Crippen LogP contribution in [0.2, 0.25) is 0 Å². The van der Waals surface area contributed by atoms with Gasteiger partial charge >= 0.3 is 0 Å². The lowest BCUT2D eigenvalue weighted by Gasteiger charge is -2.17. The van der Waals surface area contributed by atoms with Gasteiger partial charge in [-0.2, -0.15) is 5.26 Å². The standard InChI is InChI=1S/C12H24N2O/c1-11(2)5-7-15-8-6-14(4)10-12(3)9-13/h11-12H,5-8,10H2,1-4H3. The van der Waals surface area contributed by atoms with Gasteiger partial charge in [0.1, 0.15) is 0 Å². The molecule has 0 amide bonds. The molecule has 88 valence electrons. The van der Waals surface area contributed by atoms with Gasteiger partial charge in [0.2, 0.25) is 0 Å². The molecule has 1 atom stereocenters. The van der Waals surface area contributed by atoms with Gasteiger partial charge in [-0.1, -0.05) is 13.8 Å². The summed E-state index contributed by atoms with van der Waals surface area (Å²) < 4.78 is 5.51. The van der Waals surface area contributed by atoms with Crippen LogP contribution in [0.5, 0.6) is 0 Å². The average molecular weight is 212 g/mol. The molecule has 0 spiro atoms. The Morgan fingerprint density at radius 2 is 1.93 bits per heavy atom. The molecule has 0 aromatic rings. The summed E-state index contributed by atoms with van der Waals surface area (Å²) in [6.07, 6.45) is 1.12. The second kappa shape index (κ2) is 8.70. The zero-order valence-corrected chi connectivity index (χ0v) is 10.5. The van der Waals surface area contributed by atoms with Crippen LogP contribution in [0, 0.1) is 23.2 Å². The Labute approximate surface area is 94.0 Å². The fraction of sp³-hybridized carbons (Fsp3) is 0.917. The molecular weight excluding hydrogens is 188 g/mol. The van der Waals surface area contributed by atoms with E-state index in [4.69, 9.17) is 10.00 Å². The van der Waals surface area contributed by atoms with Crippen LogP contribution in [-0.4, -0.2) is 38.3 Å². The summed E-state index contributed by atoms with van der Waals surface area (Å²) in [6, 6.07) is 2.23. The number of rotatable bonds is 8. The van der Waals surface area contributed by atoms with E-state index in [1.807, 2.05) is 14.0 Å². The zero-order chi connectivity index (χ0) is 11.7. The highest BCUT2D eigenvalue weighted by atomic mass is 16.5. The Hall–Kier alpha value is -0.590. The van der Waals surface area contributed by atoms with E-state index in [0.29, 0.717) is 5.92 Å². The summed E-state index contributed by atoms with van der Waals surface area (Å²) in [6.45, 7) is 9.68. The highest BCUT2D eigenvalue weighted by molar-refractivity contribution is 4.80. The number of ether oxygens (including phenoxy) is 1. The molecule has 15 heavy (non-hydrogen) atoms. The molecule has 0 saturated heterocycles. The SMILES string of the molecule is CC(C)CCOCCN(C)CC(C)C#N. The minimum Gasteiger partial charge on any atom is -0.380 e.